The summed E-state index contributed by atoms with van der Waals surface area (Å²) < 4.78 is 5.35. The fraction of sp³-hybridized carbons (Fsp3) is 0.158. The summed E-state index contributed by atoms with van der Waals surface area (Å²) in [4.78, 5) is 24.7. The van der Waals surface area contributed by atoms with Crippen LogP contribution in [0.15, 0.2) is 47.5 Å². The minimum absolute atomic E-state index is 0.106. The number of nitrogens with zero attached hydrogens (tertiary/aromatic N) is 3. The molecule has 2 aromatic carbocycles. The Balaban J connectivity index is 1.66. The van der Waals surface area contributed by atoms with Crippen LogP contribution in [0.5, 0.6) is 5.75 Å². The van der Waals surface area contributed by atoms with Crippen LogP contribution in [0, 0.1) is 13.8 Å². The molecule has 0 radical (unpaired) electrons. The van der Waals surface area contributed by atoms with Crippen LogP contribution in [0.4, 0.5) is 5.95 Å². The van der Waals surface area contributed by atoms with Gasteiger partial charge in [-0.3, -0.25) is 10.1 Å². The molecule has 0 unspecified atom stereocenters. The highest BCUT2D eigenvalue weighted by molar-refractivity contribution is 6.30. The normalized spacial score (nSPS) is 11.4. The number of aliphatic imine (C=N–C) groups is 1. The fourth-order valence-corrected chi connectivity index (χ4v) is 2.55. The summed E-state index contributed by atoms with van der Waals surface area (Å²) in [5, 5.41) is 3.98. The minimum Gasteiger partial charge on any atom is -0.484 e. The lowest BCUT2D eigenvalue weighted by atomic mass is 10.1. The van der Waals surface area contributed by atoms with Crippen LogP contribution in [-0.2, 0) is 4.79 Å². The highest BCUT2D eigenvalue weighted by Crippen LogP contribution is 2.19. The summed E-state index contributed by atoms with van der Waals surface area (Å²) >= 11 is 5.80. The number of nitrogens with one attached hydrogen (secondary N) is 1. The largest absolute Gasteiger partial charge is 0.484 e. The first kappa shape index (κ1) is 18.6. The van der Waals surface area contributed by atoms with Crippen LogP contribution >= 0.6 is 11.6 Å². The predicted octanol–water partition coefficient (Wildman–Crippen LogP) is 3.04. The molecular formula is C19H18ClN5O2. The molecule has 0 aliphatic heterocycles. The molecule has 0 saturated carbocycles. The number of aryl methyl sites for hydroxylation is 2. The molecule has 0 atom stereocenters. The lowest BCUT2D eigenvalue weighted by Gasteiger charge is -2.07. The highest BCUT2D eigenvalue weighted by Gasteiger charge is 2.08. The van der Waals surface area contributed by atoms with Crippen molar-refractivity contribution in [2.24, 2.45) is 10.7 Å². The maximum absolute atomic E-state index is 11.9. The lowest BCUT2D eigenvalue weighted by molar-refractivity contribution is -0.121. The van der Waals surface area contributed by atoms with Crippen LogP contribution < -0.4 is 15.8 Å². The molecule has 1 amide bonds. The number of carbonyl (C=O) groups excluding carboxylic acids is 1. The molecule has 3 rings (SSSR count). The van der Waals surface area contributed by atoms with Crippen LogP contribution in [0.3, 0.4) is 0 Å². The van der Waals surface area contributed by atoms with Gasteiger partial charge in [0.1, 0.15) is 5.75 Å². The minimum atomic E-state index is -0.445. The maximum Gasteiger partial charge on any atom is 0.264 e. The van der Waals surface area contributed by atoms with E-state index in [4.69, 9.17) is 22.1 Å². The molecule has 0 spiro atoms. The zero-order valence-electron chi connectivity index (χ0n) is 14.9. The number of fused-ring (bicyclic) bond motifs is 1. The van der Waals surface area contributed by atoms with Gasteiger partial charge in [-0.25, -0.2) is 9.97 Å². The Labute approximate surface area is 161 Å². The molecular weight excluding hydrogens is 366 g/mol. The first-order chi connectivity index (χ1) is 12.9. The molecule has 8 heteroatoms. The van der Waals surface area contributed by atoms with Crippen molar-refractivity contribution in [3.8, 4) is 5.75 Å². The first-order valence-electron chi connectivity index (χ1n) is 8.18. The van der Waals surface area contributed by atoms with Gasteiger partial charge in [0.15, 0.2) is 6.61 Å². The molecule has 3 N–H and O–H groups in total. The van der Waals surface area contributed by atoms with E-state index in [-0.39, 0.29) is 18.5 Å². The first-order valence-corrected chi connectivity index (χ1v) is 8.56. The van der Waals surface area contributed by atoms with Gasteiger partial charge in [-0.1, -0.05) is 23.2 Å². The number of nitrogens with two attached hydrogens (primary N) is 1. The van der Waals surface area contributed by atoms with Crippen molar-refractivity contribution >= 4 is 40.3 Å². The molecule has 27 heavy (non-hydrogen) atoms. The highest BCUT2D eigenvalue weighted by atomic mass is 35.5. The van der Waals surface area contributed by atoms with Gasteiger partial charge < -0.3 is 10.5 Å². The van der Waals surface area contributed by atoms with E-state index in [0.29, 0.717) is 10.8 Å². The molecule has 1 aromatic heterocycles. The number of hydrogen-bond acceptors (Lipinski definition) is 5. The molecule has 0 bridgehead atoms. The van der Waals surface area contributed by atoms with Gasteiger partial charge in [-0.15, -0.1) is 0 Å². The maximum atomic E-state index is 11.9. The SMILES string of the molecule is Cc1ccc2nc(/N=C(\N)NC(=O)COc3ccc(Cl)cc3)nc(C)c2c1. The number of guanidine groups is 1. The third-order valence-electron chi connectivity index (χ3n) is 3.70. The van der Waals surface area contributed by atoms with Crippen molar-refractivity contribution in [3.05, 3.63) is 58.7 Å². The summed E-state index contributed by atoms with van der Waals surface area (Å²) in [6.07, 6.45) is 0. The van der Waals surface area contributed by atoms with Crippen LogP contribution in [0.1, 0.15) is 11.3 Å². The van der Waals surface area contributed by atoms with E-state index in [1.165, 1.54) is 0 Å². The van der Waals surface area contributed by atoms with Gasteiger partial charge in [0.05, 0.1) is 11.2 Å². The molecule has 138 valence electrons. The molecule has 0 aliphatic rings. The van der Waals surface area contributed by atoms with Gasteiger partial charge in [0, 0.05) is 10.4 Å². The summed E-state index contributed by atoms with van der Waals surface area (Å²) in [5.41, 5.74) is 8.45. The number of rotatable bonds is 4. The summed E-state index contributed by atoms with van der Waals surface area (Å²) in [7, 11) is 0. The molecule has 0 saturated heterocycles. The van der Waals surface area contributed by atoms with E-state index in [0.717, 1.165) is 22.2 Å². The number of ether oxygens (including phenoxy) is 1. The van der Waals surface area contributed by atoms with Crippen molar-refractivity contribution in [3.63, 3.8) is 0 Å². The molecule has 0 fully saturated rings. The Kier molecular flexibility index (Phi) is 5.52. The van der Waals surface area contributed by atoms with Crippen molar-refractivity contribution in [2.75, 3.05) is 6.61 Å². The van der Waals surface area contributed by atoms with E-state index >= 15 is 0 Å². The zero-order valence-corrected chi connectivity index (χ0v) is 15.6. The second kappa shape index (κ2) is 8.01. The smallest absolute Gasteiger partial charge is 0.264 e. The third kappa shape index (κ3) is 4.92. The van der Waals surface area contributed by atoms with E-state index in [1.54, 1.807) is 24.3 Å². The van der Waals surface area contributed by atoms with Crippen LogP contribution in [-0.4, -0.2) is 28.4 Å². The monoisotopic (exact) mass is 383 g/mol. The van der Waals surface area contributed by atoms with Gasteiger partial charge in [-0.2, -0.15) is 4.99 Å². The van der Waals surface area contributed by atoms with Crippen molar-refractivity contribution in [1.29, 1.82) is 0 Å². The topological polar surface area (TPSA) is 102 Å². The second-order valence-corrected chi connectivity index (χ2v) is 6.35. The van der Waals surface area contributed by atoms with Crippen molar-refractivity contribution < 1.29 is 9.53 Å². The molecule has 7 nitrogen and oxygen atoms in total. The van der Waals surface area contributed by atoms with Crippen molar-refractivity contribution in [1.82, 2.24) is 15.3 Å². The molecule has 0 aliphatic carbocycles. The quantitative estimate of drug-likeness (QED) is 0.532. The standard InChI is InChI=1S/C19H18ClN5O2/c1-11-3-8-16-15(9-11)12(2)22-19(23-16)25-18(21)24-17(26)10-27-14-6-4-13(20)5-7-14/h3-9H,10H2,1-2H3,(H3,21,22,23,24,25,26). The van der Waals surface area contributed by atoms with Gasteiger partial charge in [0.25, 0.3) is 11.9 Å². The third-order valence-corrected chi connectivity index (χ3v) is 3.95. The Morgan fingerprint density at radius 1 is 1.19 bits per heavy atom. The number of benzene rings is 2. The van der Waals surface area contributed by atoms with Crippen molar-refractivity contribution in [2.45, 2.75) is 13.8 Å². The van der Waals surface area contributed by atoms with E-state index in [1.807, 2.05) is 32.0 Å². The predicted molar refractivity (Wildman–Crippen MR) is 105 cm³/mol. The number of hydrogen-bond donors (Lipinski definition) is 2. The van der Waals surface area contributed by atoms with Crippen LogP contribution in [0.2, 0.25) is 5.02 Å². The van der Waals surface area contributed by atoms with Gasteiger partial charge in [0.2, 0.25) is 5.96 Å². The fourth-order valence-electron chi connectivity index (χ4n) is 2.42. The molecule has 1 heterocycles. The van der Waals surface area contributed by atoms with Gasteiger partial charge in [-0.05, 0) is 50.2 Å². The Bertz CT molecular complexity index is 1020. The average molecular weight is 384 g/mol. The average Bonchev–Trinajstić information content (AvgIpc) is 2.62. The number of aromatic nitrogens is 2. The Morgan fingerprint density at radius 2 is 1.93 bits per heavy atom. The number of halogens is 1. The molecule has 3 aromatic rings. The summed E-state index contributed by atoms with van der Waals surface area (Å²) in [5.74, 6) is 0.152. The number of amides is 1. The summed E-state index contributed by atoms with van der Waals surface area (Å²) in [6.45, 7) is 3.66. The van der Waals surface area contributed by atoms with Crippen LogP contribution in [0.25, 0.3) is 10.9 Å². The van der Waals surface area contributed by atoms with E-state index < -0.39 is 5.91 Å². The zero-order chi connectivity index (χ0) is 19.4. The number of carbonyl (C=O) groups is 1. The Hall–Kier alpha value is -3.19. The Morgan fingerprint density at radius 3 is 2.67 bits per heavy atom. The van der Waals surface area contributed by atoms with E-state index in [9.17, 15) is 4.79 Å². The summed E-state index contributed by atoms with van der Waals surface area (Å²) in [6, 6.07) is 12.5. The second-order valence-electron chi connectivity index (χ2n) is 5.92. The van der Waals surface area contributed by atoms with E-state index in [2.05, 4.69) is 20.3 Å². The van der Waals surface area contributed by atoms with Gasteiger partial charge >= 0.3 is 0 Å². The lowest BCUT2D eigenvalue weighted by Crippen LogP contribution is -2.39.